The van der Waals surface area contributed by atoms with E-state index >= 15 is 0 Å². The molecular formula is C11H21N3O. The van der Waals surface area contributed by atoms with E-state index in [1.807, 2.05) is 17.1 Å². The summed E-state index contributed by atoms with van der Waals surface area (Å²) in [7, 11) is 0. The topological polar surface area (TPSA) is 50.1 Å². The van der Waals surface area contributed by atoms with Crippen LogP contribution in [0.15, 0.2) is 12.4 Å². The standard InChI is InChI=1S/C11H21N3O/c1-4-5-14-8-10(7-13-14)6-12-9-11(2,3)15/h7-8,12,15H,4-6,9H2,1-3H3. The van der Waals surface area contributed by atoms with Crippen molar-refractivity contribution in [2.45, 2.75) is 45.9 Å². The Balaban J connectivity index is 2.31. The van der Waals surface area contributed by atoms with Gasteiger partial charge >= 0.3 is 0 Å². The molecule has 0 atom stereocenters. The molecule has 0 amide bonds. The first kappa shape index (κ1) is 12.2. The van der Waals surface area contributed by atoms with Crippen molar-refractivity contribution < 1.29 is 5.11 Å². The van der Waals surface area contributed by atoms with Gasteiger partial charge in [-0.05, 0) is 20.3 Å². The third-order valence-electron chi connectivity index (χ3n) is 2.03. The number of aryl methyl sites for hydroxylation is 1. The summed E-state index contributed by atoms with van der Waals surface area (Å²) in [4.78, 5) is 0. The first-order chi connectivity index (χ1) is 7.01. The predicted octanol–water partition coefficient (Wildman–Crippen LogP) is 1.15. The number of rotatable bonds is 6. The van der Waals surface area contributed by atoms with Gasteiger partial charge in [0.1, 0.15) is 0 Å². The molecule has 1 rings (SSSR count). The van der Waals surface area contributed by atoms with Gasteiger partial charge in [-0.3, -0.25) is 4.68 Å². The maximum absolute atomic E-state index is 9.50. The second-order valence-corrected chi connectivity index (χ2v) is 4.53. The van der Waals surface area contributed by atoms with Crippen molar-refractivity contribution in [1.29, 1.82) is 0 Å². The number of hydrogen-bond acceptors (Lipinski definition) is 3. The monoisotopic (exact) mass is 211 g/mol. The van der Waals surface area contributed by atoms with Gasteiger partial charge in [0.25, 0.3) is 0 Å². The van der Waals surface area contributed by atoms with Crippen molar-refractivity contribution in [3.05, 3.63) is 18.0 Å². The second-order valence-electron chi connectivity index (χ2n) is 4.53. The summed E-state index contributed by atoms with van der Waals surface area (Å²) in [6, 6.07) is 0. The highest BCUT2D eigenvalue weighted by Gasteiger charge is 2.11. The molecule has 0 aromatic carbocycles. The minimum absolute atomic E-state index is 0.589. The Morgan fingerprint density at radius 3 is 2.87 bits per heavy atom. The number of aromatic nitrogens is 2. The summed E-state index contributed by atoms with van der Waals surface area (Å²) in [5.41, 5.74) is 0.507. The van der Waals surface area contributed by atoms with E-state index in [9.17, 15) is 5.11 Å². The zero-order chi connectivity index (χ0) is 11.3. The lowest BCUT2D eigenvalue weighted by Gasteiger charge is -2.17. The van der Waals surface area contributed by atoms with Crippen LogP contribution < -0.4 is 5.32 Å². The minimum Gasteiger partial charge on any atom is -0.389 e. The maximum atomic E-state index is 9.50. The summed E-state index contributed by atoms with van der Waals surface area (Å²) < 4.78 is 1.95. The van der Waals surface area contributed by atoms with E-state index in [4.69, 9.17) is 0 Å². The van der Waals surface area contributed by atoms with Crippen LogP contribution in [0.5, 0.6) is 0 Å². The van der Waals surface area contributed by atoms with E-state index in [0.29, 0.717) is 6.54 Å². The van der Waals surface area contributed by atoms with Crippen LogP contribution in [0.2, 0.25) is 0 Å². The summed E-state index contributed by atoms with van der Waals surface area (Å²) in [5, 5.41) is 16.9. The zero-order valence-corrected chi connectivity index (χ0v) is 9.82. The van der Waals surface area contributed by atoms with E-state index in [1.165, 1.54) is 0 Å². The van der Waals surface area contributed by atoms with E-state index in [0.717, 1.165) is 25.1 Å². The molecule has 0 bridgehead atoms. The Morgan fingerprint density at radius 1 is 1.53 bits per heavy atom. The lowest BCUT2D eigenvalue weighted by Crippen LogP contribution is -2.34. The van der Waals surface area contributed by atoms with E-state index in [-0.39, 0.29) is 0 Å². The molecule has 4 heteroatoms. The van der Waals surface area contributed by atoms with Gasteiger partial charge in [0.15, 0.2) is 0 Å². The molecule has 0 aliphatic carbocycles. The van der Waals surface area contributed by atoms with Crippen molar-refractivity contribution in [1.82, 2.24) is 15.1 Å². The van der Waals surface area contributed by atoms with Gasteiger partial charge in [0.2, 0.25) is 0 Å². The largest absolute Gasteiger partial charge is 0.389 e. The van der Waals surface area contributed by atoms with Crippen LogP contribution in [-0.4, -0.2) is 27.0 Å². The lowest BCUT2D eigenvalue weighted by molar-refractivity contribution is 0.0795. The molecule has 0 fully saturated rings. The van der Waals surface area contributed by atoms with E-state index in [1.54, 1.807) is 13.8 Å². The fourth-order valence-corrected chi connectivity index (χ4v) is 1.36. The van der Waals surface area contributed by atoms with E-state index < -0.39 is 5.60 Å². The quantitative estimate of drug-likeness (QED) is 0.742. The maximum Gasteiger partial charge on any atom is 0.0715 e. The Bertz CT molecular complexity index is 288. The van der Waals surface area contributed by atoms with Crippen molar-refractivity contribution in [3.8, 4) is 0 Å². The first-order valence-corrected chi connectivity index (χ1v) is 5.45. The van der Waals surface area contributed by atoms with Crippen LogP contribution in [0.3, 0.4) is 0 Å². The average molecular weight is 211 g/mol. The Morgan fingerprint density at radius 2 is 2.27 bits per heavy atom. The number of hydrogen-bond donors (Lipinski definition) is 2. The van der Waals surface area contributed by atoms with E-state index in [2.05, 4.69) is 17.3 Å². The molecule has 4 nitrogen and oxygen atoms in total. The van der Waals surface area contributed by atoms with Crippen LogP contribution in [0, 0.1) is 0 Å². The predicted molar refractivity (Wildman–Crippen MR) is 60.5 cm³/mol. The Kier molecular flexibility index (Phi) is 4.29. The smallest absolute Gasteiger partial charge is 0.0715 e. The van der Waals surface area contributed by atoms with Crippen molar-refractivity contribution in [2.75, 3.05) is 6.54 Å². The molecule has 0 spiro atoms. The summed E-state index contributed by atoms with van der Waals surface area (Å²) in [5.74, 6) is 0. The fraction of sp³-hybridized carbons (Fsp3) is 0.727. The van der Waals surface area contributed by atoms with Crippen molar-refractivity contribution >= 4 is 0 Å². The SMILES string of the molecule is CCCn1cc(CNCC(C)(C)O)cn1. The molecule has 0 radical (unpaired) electrons. The molecule has 0 unspecified atom stereocenters. The van der Waals surface area contributed by atoms with Crippen LogP contribution in [0.25, 0.3) is 0 Å². The van der Waals surface area contributed by atoms with Crippen molar-refractivity contribution in [2.24, 2.45) is 0 Å². The molecule has 0 saturated carbocycles. The fourth-order valence-electron chi connectivity index (χ4n) is 1.36. The zero-order valence-electron chi connectivity index (χ0n) is 9.82. The molecule has 0 aliphatic heterocycles. The van der Waals surface area contributed by atoms with Crippen molar-refractivity contribution in [3.63, 3.8) is 0 Å². The molecule has 15 heavy (non-hydrogen) atoms. The van der Waals surface area contributed by atoms with Crippen LogP contribution in [0.1, 0.15) is 32.8 Å². The van der Waals surface area contributed by atoms with Gasteiger partial charge < -0.3 is 10.4 Å². The van der Waals surface area contributed by atoms with Gasteiger partial charge in [-0.25, -0.2) is 0 Å². The summed E-state index contributed by atoms with van der Waals surface area (Å²) in [6.07, 6.45) is 5.01. The Hall–Kier alpha value is -0.870. The molecule has 1 heterocycles. The first-order valence-electron chi connectivity index (χ1n) is 5.45. The third-order valence-corrected chi connectivity index (χ3v) is 2.03. The Labute approximate surface area is 91.3 Å². The number of aliphatic hydroxyl groups is 1. The van der Waals surface area contributed by atoms with Crippen LogP contribution in [0.4, 0.5) is 0 Å². The molecule has 0 aliphatic rings. The molecule has 1 aromatic rings. The minimum atomic E-state index is -0.653. The van der Waals surface area contributed by atoms with Gasteiger partial charge in [-0.2, -0.15) is 5.10 Å². The number of nitrogens with zero attached hydrogens (tertiary/aromatic N) is 2. The van der Waals surface area contributed by atoms with Crippen LogP contribution >= 0.6 is 0 Å². The highest BCUT2D eigenvalue weighted by molar-refractivity contribution is 5.03. The summed E-state index contributed by atoms with van der Waals surface area (Å²) >= 11 is 0. The highest BCUT2D eigenvalue weighted by atomic mass is 16.3. The number of nitrogens with one attached hydrogen (secondary N) is 1. The van der Waals surface area contributed by atoms with Gasteiger partial charge in [0.05, 0.1) is 11.8 Å². The van der Waals surface area contributed by atoms with Crippen LogP contribution in [-0.2, 0) is 13.1 Å². The third kappa shape index (κ3) is 4.95. The molecule has 1 aromatic heterocycles. The van der Waals surface area contributed by atoms with Gasteiger partial charge in [0, 0.05) is 31.4 Å². The molecular weight excluding hydrogens is 190 g/mol. The second kappa shape index (κ2) is 5.28. The lowest BCUT2D eigenvalue weighted by atomic mass is 10.1. The van der Waals surface area contributed by atoms with Gasteiger partial charge in [-0.15, -0.1) is 0 Å². The molecule has 86 valence electrons. The molecule has 0 saturated heterocycles. The summed E-state index contributed by atoms with van der Waals surface area (Å²) in [6.45, 7) is 8.03. The van der Waals surface area contributed by atoms with Gasteiger partial charge in [-0.1, -0.05) is 6.92 Å². The average Bonchev–Trinajstić information content (AvgIpc) is 2.51. The normalized spacial score (nSPS) is 12.0. The highest BCUT2D eigenvalue weighted by Crippen LogP contribution is 2.01. The molecule has 2 N–H and O–H groups in total.